The van der Waals surface area contributed by atoms with Crippen molar-refractivity contribution >= 4 is 11.9 Å². The molecule has 28 heavy (non-hydrogen) atoms. The van der Waals surface area contributed by atoms with E-state index in [0.29, 0.717) is 0 Å². The number of nitrogens with zero attached hydrogens (tertiary/aromatic N) is 2. The molecule has 1 aromatic carbocycles. The number of amides is 1. The molecule has 1 heterocycles. The van der Waals surface area contributed by atoms with Crippen molar-refractivity contribution in [2.24, 2.45) is 16.6 Å². The number of nitrogens with one attached hydrogen (secondary N) is 2. The highest BCUT2D eigenvalue weighted by Crippen LogP contribution is 2.47. The van der Waals surface area contributed by atoms with Crippen molar-refractivity contribution in [3.8, 4) is 0 Å². The van der Waals surface area contributed by atoms with Crippen LogP contribution in [0.15, 0.2) is 35.3 Å². The number of benzene rings is 1. The lowest BCUT2D eigenvalue weighted by Gasteiger charge is -2.30. The van der Waals surface area contributed by atoms with Gasteiger partial charge in [-0.15, -0.1) is 0 Å². The van der Waals surface area contributed by atoms with E-state index < -0.39 is 0 Å². The van der Waals surface area contributed by atoms with Crippen molar-refractivity contribution in [3.05, 3.63) is 35.9 Å². The summed E-state index contributed by atoms with van der Waals surface area (Å²) >= 11 is 0. The summed E-state index contributed by atoms with van der Waals surface area (Å²) < 4.78 is 0. The number of carbonyl (C=O) groups excluding carboxylic acids is 1. The van der Waals surface area contributed by atoms with Gasteiger partial charge in [-0.05, 0) is 63.7 Å². The molecule has 1 saturated carbocycles. The fraction of sp³-hybridized carbons (Fsp3) is 0.636. The molecule has 0 bridgehead atoms. The van der Waals surface area contributed by atoms with Crippen LogP contribution in [0.2, 0.25) is 0 Å². The number of aliphatic imine (C=N–C) groups is 1. The molecule has 3 rings (SSSR count). The smallest absolute Gasteiger partial charge is 0.220 e. The molecule has 0 atom stereocenters. The summed E-state index contributed by atoms with van der Waals surface area (Å²) in [4.78, 5) is 18.0. The van der Waals surface area contributed by atoms with E-state index in [1.807, 2.05) is 7.05 Å². The number of unbranched alkanes of at least 4 members (excludes halogenated alkanes) is 1. The minimum Gasteiger partial charge on any atom is -0.369 e. The lowest BCUT2D eigenvalue weighted by atomic mass is 9.96. The molecule has 0 radical (unpaired) electrons. The Morgan fingerprint density at radius 3 is 2.50 bits per heavy atom. The van der Waals surface area contributed by atoms with Crippen LogP contribution in [0.1, 0.15) is 44.1 Å². The van der Waals surface area contributed by atoms with Gasteiger partial charge >= 0.3 is 0 Å². The van der Waals surface area contributed by atoms with Crippen LogP contribution in [-0.4, -0.2) is 56.5 Å². The second-order valence-electron chi connectivity index (χ2n) is 8.22. The van der Waals surface area contributed by atoms with Crippen LogP contribution in [0.4, 0.5) is 0 Å². The minimum absolute atomic E-state index is 0.0814. The van der Waals surface area contributed by atoms with E-state index >= 15 is 0 Å². The normalized spacial score (nSPS) is 20.0. The Morgan fingerprint density at radius 1 is 1.18 bits per heavy atom. The number of guanidine groups is 1. The molecule has 1 aliphatic heterocycles. The quantitative estimate of drug-likeness (QED) is 0.344. The Kier molecular flexibility index (Phi) is 7.31. The summed E-state index contributed by atoms with van der Waals surface area (Å²) in [6.07, 6.45) is 6.57. The second-order valence-corrected chi connectivity index (χ2v) is 8.22. The van der Waals surface area contributed by atoms with Gasteiger partial charge in [0.25, 0.3) is 0 Å². The van der Waals surface area contributed by atoms with Gasteiger partial charge in [-0.2, -0.15) is 0 Å². The number of likely N-dealkylation sites (tertiary alicyclic amines) is 1. The van der Waals surface area contributed by atoms with Crippen molar-refractivity contribution in [2.75, 3.05) is 39.8 Å². The summed E-state index contributed by atoms with van der Waals surface area (Å²) in [6.45, 7) is 4.94. The highest BCUT2D eigenvalue weighted by molar-refractivity contribution is 5.79. The zero-order valence-corrected chi connectivity index (χ0v) is 17.1. The molecular weight excluding hydrogens is 350 g/mol. The standard InChI is InChI=1S/C22H35N5O/c1-24-21(26-17-22(11-12-22)19-7-3-2-4-8-19)25-13-5-6-14-27-15-9-18(10-16-27)20(23)28/h2-4,7-8,18H,5-6,9-17H2,1H3,(H2,23,28)(H2,24,25,26). The zero-order valence-electron chi connectivity index (χ0n) is 17.1. The van der Waals surface area contributed by atoms with Crippen LogP contribution < -0.4 is 16.4 Å². The second kappa shape index (κ2) is 9.92. The third-order valence-corrected chi connectivity index (χ3v) is 6.24. The Balaban J connectivity index is 1.29. The number of nitrogens with two attached hydrogens (primary N) is 1. The molecule has 4 N–H and O–H groups in total. The Bertz CT molecular complexity index is 648. The monoisotopic (exact) mass is 385 g/mol. The summed E-state index contributed by atoms with van der Waals surface area (Å²) in [5, 5.41) is 6.95. The van der Waals surface area contributed by atoms with Gasteiger partial charge < -0.3 is 21.3 Å². The number of piperidine rings is 1. The van der Waals surface area contributed by atoms with Gasteiger partial charge in [-0.1, -0.05) is 30.3 Å². The fourth-order valence-corrected chi connectivity index (χ4v) is 4.09. The molecule has 0 unspecified atom stereocenters. The van der Waals surface area contributed by atoms with E-state index in [2.05, 4.69) is 50.9 Å². The third-order valence-electron chi connectivity index (χ3n) is 6.24. The molecule has 1 aliphatic carbocycles. The summed E-state index contributed by atoms with van der Waals surface area (Å²) in [7, 11) is 1.83. The number of hydrogen-bond acceptors (Lipinski definition) is 3. The number of carbonyl (C=O) groups is 1. The maximum atomic E-state index is 11.2. The lowest BCUT2D eigenvalue weighted by Crippen LogP contribution is -2.42. The molecule has 1 amide bonds. The van der Waals surface area contributed by atoms with Gasteiger partial charge in [0, 0.05) is 31.5 Å². The SMILES string of the molecule is CN=C(NCCCCN1CCC(C(N)=O)CC1)NCC1(c2ccccc2)CC1. The zero-order chi connectivity index (χ0) is 19.8. The predicted molar refractivity (Wildman–Crippen MR) is 114 cm³/mol. The van der Waals surface area contributed by atoms with Crippen LogP contribution in [0.5, 0.6) is 0 Å². The highest BCUT2D eigenvalue weighted by atomic mass is 16.1. The maximum Gasteiger partial charge on any atom is 0.220 e. The van der Waals surface area contributed by atoms with Crippen molar-refractivity contribution in [1.29, 1.82) is 0 Å². The van der Waals surface area contributed by atoms with Crippen molar-refractivity contribution < 1.29 is 4.79 Å². The van der Waals surface area contributed by atoms with Gasteiger partial charge in [-0.3, -0.25) is 9.79 Å². The van der Waals surface area contributed by atoms with E-state index in [9.17, 15) is 4.79 Å². The first-order chi connectivity index (χ1) is 13.6. The largest absolute Gasteiger partial charge is 0.369 e. The van der Waals surface area contributed by atoms with Gasteiger partial charge in [-0.25, -0.2) is 0 Å². The van der Waals surface area contributed by atoms with E-state index in [1.54, 1.807) is 0 Å². The van der Waals surface area contributed by atoms with Crippen molar-refractivity contribution in [3.63, 3.8) is 0 Å². The Morgan fingerprint density at radius 2 is 1.89 bits per heavy atom. The Labute approximate surface area is 169 Å². The molecule has 6 heteroatoms. The predicted octanol–water partition coefficient (Wildman–Crippen LogP) is 1.86. The minimum atomic E-state index is -0.136. The van der Waals surface area contributed by atoms with E-state index in [-0.39, 0.29) is 17.2 Å². The molecule has 6 nitrogen and oxygen atoms in total. The summed E-state index contributed by atoms with van der Waals surface area (Å²) in [5.74, 6) is 0.838. The third kappa shape index (κ3) is 5.71. The molecule has 154 valence electrons. The molecule has 1 aromatic rings. The molecule has 2 aliphatic rings. The van der Waals surface area contributed by atoms with Crippen LogP contribution >= 0.6 is 0 Å². The van der Waals surface area contributed by atoms with Crippen molar-refractivity contribution in [2.45, 2.75) is 43.9 Å². The summed E-state index contributed by atoms with van der Waals surface area (Å²) in [5.41, 5.74) is 7.12. The van der Waals surface area contributed by atoms with Gasteiger partial charge in [0.1, 0.15) is 0 Å². The number of rotatable bonds is 9. The van der Waals surface area contributed by atoms with E-state index in [0.717, 1.165) is 64.4 Å². The molecule has 0 aromatic heterocycles. The highest BCUT2D eigenvalue weighted by Gasteiger charge is 2.43. The van der Waals surface area contributed by atoms with E-state index in [4.69, 9.17) is 5.73 Å². The lowest BCUT2D eigenvalue weighted by molar-refractivity contribution is -0.123. The molecule has 1 saturated heterocycles. The first-order valence-corrected chi connectivity index (χ1v) is 10.6. The average Bonchev–Trinajstić information content (AvgIpc) is 3.52. The molecular formula is C22H35N5O. The summed E-state index contributed by atoms with van der Waals surface area (Å²) in [6, 6.07) is 10.8. The first-order valence-electron chi connectivity index (χ1n) is 10.6. The van der Waals surface area contributed by atoms with Gasteiger partial charge in [0.2, 0.25) is 5.91 Å². The van der Waals surface area contributed by atoms with Crippen LogP contribution in [0, 0.1) is 5.92 Å². The fourth-order valence-electron chi connectivity index (χ4n) is 4.09. The number of hydrogen-bond donors (Lipinski definition) is 3. The molecule has 0 spiro atoms. The van der Waals surface area contributed by atoms with Crippen LogP contribution in [-0.2, 0) is 10.2 Å². The Hall–Kier alpha value is -2.08. The van der Waals surface area contributed by atoms with Crippen molar-refractivity contribution in [1.82, 2.24) is 15.5 Å². The average molecular weight is 386 g/mol. The van der Waals surface area contributed by atoms with Crippen LogP contribution in [0.25, 0.3) is 0 Å². The maximum absolute atomic E-state index is 11.2. The van der Waals surface area contributed by atoms with Gasteiger partial charge in [0.05, 0.1) is 0 Å². The topological polar surface area (TPSA) is 82.8 Å². The first kappa shape index (κ1) is 20.6. The van der Waals surface area contributed by atoms with Crippen LogP contribution in [0.3, 0.4) is 0 Å². The molecule has 2 fully saturated rings. The van der Waals surface area contributed by atoms with Gasteiger partial charge in [0.15, 0.2) is 5.96 Å². The van der Waals surface area contributed by atoms with E-state index in [1.165, 1.54) is 18.4 Å². The number of primary amides is 1.